The molecule has 4 heteroatoms. The van der Waals surface area contributed by atoms with Gasteiger partial charge in [-0.1, -0.05) is 25.5 Å². The number of aromatic nitrogens is 2. The van der Waals surface area contributed by atoms with Gasteiger partial charge < -0.3 is 9.67 Å². The number of hydrogen-bond donors (Lipinski definition) is 1. The maximum atomic E-state index is 9.42. The van der Waals surface area contributed by atoms with E-state index in [0.29, 0.717) is 0 Å². The van der Waals surface area contributed by atoms with Crippen molar-refractivity contribution in [2.24, 2.45) is 0 Å². The molecule has 0 aliphatic carbocycles. The summed E-state index contributed by atoms with van der Waals surface area (Å²) in [5.74, 6) is 1.07. The Morgan fingerprint density at radius 3 is 2.63 bits per heavy atom. The van der Waals surface area contributed by atoms with Crippen molar-refractivity contribution in [3.05, 3.63) is 51.1 Å². The van der Waals surface area contributed by atoms with Crippen LogP contribution in [0.5, 0.6) is 0 Å². The van der Waals surface area contributed by atoms with Crippen LogP contribution in [0.2, 0.25) is 0 Å². The Labute approximate surface area is 127 Å². The summed E-state index contributed by atoms with van der Waals surface area (Å²) in [7, 11) is 0. The normalized spacial score (nSPS) is 10.9. The van der Waals surface area contributed by atoms with E-state index in [1.54, 1.807) is 6.20 Å². The minimum Gasteiger partial charge on any atom is -0.390 e. The molecule has 19 heavy (non-hydrogen) atoms. The fraction of sp³-hybridized carbons (Fsp3) is 0.400. The van der Waals surface area contributed by atoms with Crippen LogP contribution in [0.15, 0.2) is 30.5 Å². The molecule has 0 bridgehead atoms. The largest absolute Gasteiger partial charge is 0.390 e. The number of aryl methyl sites for hydroxylation is 1. The number of halogens is 1. The van der Waals surface area contributed by atoms with Gasteiger partial charge in [-0.2, -0.15) is 0 Å². The highest BCUT2D eigenvalue weighted by molar-refractivity contribution is 14.1. The lowest BCUT2D eigenvalue weighted by Gasteiger charge is -2.11. The molecule has 0 fully saturated rings. The van der Waals surface area contributed by atoms with Crippen molar-refractivity contribution in [2.45, 2.75) is 39.3 Å². The summed E-state index contributed by atoms with van der Waals surface area (Å²) in [6.07, 6.45) is 5.05. The van der Waals surface area contributed by atoms with E-state index < -0.39 is 0 Å². The van der Waals surface area contributed by atoms with Crippen LogP contribution in [0.4, 0.5) is 0 Å². The Bertz CT molecular complexity index is 519. The van der Waals surface area contributed by atoms with Crippen molar-refractivity contribution >= 4 is 22.6 Å². The van der Waals surface area contributed by atoms with E-state index in [-0.39, 0.29) is 6.61 Å². The van der Waals surface area contributed by atoms with Gasteiger partial charge in [-0.15, -0.1) is 0 Å². The summed E-state index contributed by atoms with van der Waals surface area (Å²) >= 11 is 2.31. The molecule has 0 aliphatic rings. The van der Waals surface area contributed by atoms with Gasteiger partial charge in [-0.25, -0.2) is 4.98 Å². The molecule has 1 aromatic heterocycles. The van der Waals surface area contributed by atoms with Crippen molar-refractivity contribution in [3.63, 3.8) is 0 Å². The zero-order chi connectivity index (χ0) is 13.7. The second kappa shape index (κ2) is 7.05. The molecule has 2 rings (SSSR count). The Morgan fingerprint density at radius 1 is 1.26 bits per heavy atom. The number of unbranched alkanes of at least 4 members (excludes halogenated alkanes) is 1. The van der Waals surface area contributed by atoms with Crippen LogP contribution in [0.25, 0.3) is 0 Å². The fourth-order valence-corrected chi connectivity index (χ4v) is 2.44. The third kappa shape index (κ3) is 3.79. The maximum Gasteiger partial charge on any atom is 0.109 e. The van der Waals surface area contributed by atoms with Crippen LogP contribution in [0.3, 0.4) is 0 Å². The van der Waals surface area contributed by atoms with E-state index in [1.807, 2.05) is 0 Å². The van der Waals surface area contributed by atoms with E-state index in [9.17, 15) is 5.11 Å². The molecule has 0 amide bonds. The van der Waals surface area contributed by atoms with Gasteiger partial charge in [0.1, 0.15) is 5.82 Å². The van der Waals surface area contributed by atoms with Crippen LogP contribution in [-0.2, 0) is 19.6 Å². The summed E-state index contributed by atoms with van der Waals surface area (Å²) in [6, 6.07) is 8.48. The van der Waals surface area contributed by atoms with Gasteiger partial charge in [-0.3, -0.25) is 0 Å². The van der Waals surface area contributed by atoms with Crippen molar-refractivity contribution in [2.75, 3.05) is 0 Å². The fourth-order valence-electron chi connectivity index (χ4n) is 2.08. The average Bonchev–Trinajstić information content (AvgIpc) is 2.81. The molecule has 0 saturated carbocycles. The van der Waals surface area contributed by atoms with Gasteiger partial charge in [0.05, 0.1) is 18.5 Å². The number of nitrogens with zero attached hydrogens (tertiary/aromatic N) is 2. The molecule has 1 heterocycles. The quantitative estimate of drug-likeness (QED) is 0.792. The third-order valence-electron chi connectivity index (χ3n) is 3.19. The van der Waals surface area contributed by atoms with Crippen molar-refractivity contribution in [3.8, 4) is 0 Å². The standard InChI is InChI=1S/C15H19IN2O/c1-2-3-4-15-17-9-14(11-19)18(15)10-12-5-7-13(16)8-6-12/h5-9,19H,2-4,10-11H2,1H3. The second-order valence-electron chi connectivity index (χ2n) is 4.64. The Morgan fingerprint density at radius 2 is 2.00 bits per heavy atom. The van der Waals surface area contributed by atoms with Gasteiger partial charge in [-0.05, 0) is 46.7 Å². The summed E-state index contributed by atoms with van der Waals surface area (Å²) in [5, 5.41) is 9.42. The molecule has 3 nitrogen and oxygen atoms in total. The Balaban J connectivity index is 2.21. The third-order valence-corrected chi connectivity index (χ3v) is 3.91. The van der Waals surface area contributed by atoms with E-state index in [2.05, 4.69) is 63.3 Å². The lowest BCUT2D eigenvalue weighted by atomic mass is 10.2. The molecule has 0 saturated heterocycles. The highest BCUT2D eigenvalue weighted by Crippen LogP contribution is 2.14. The lowest BCUT2D eigenvalue weighted by molar-refractivity contribution is 0.271. The monoisotopic (exact) mass is 370 g/mol. The first-order valence-corrected chi connectivity index (χ1v) is 7.71. The molecule has 0 radical (unpaired) electrons. The first-order chi connectivity index (χ1) is 9.24. The van der Waals surface area contributed by atoms with E-state index in [1.165, 1.54) is 9.13 Å². The number of hydrogen-bond acceptors (Lipinski definition) is 2. The number of imidazole rings is 1. The minimum absolute atomic E-state index is 0.0451. The molecule has 0 aliphatic heterocycles. The van der Waals surface area contributed by atoms with Gasteiger partial charge in [0.2, 0.25) is 0 Å². The average molecular weight is 370 g/mol. The molecule has 1 aromatic carbocycles. The number of aliphatic hydroxyl groups is 1. The first-order valence-electron chi connectivity index (χ1n) is 6.63. The van der Waals surface area contributed by atoms with Crippen LogP contribution >= 0.6 is 22.6 Å². The van der Waals surface area contributed by atoms with Crippen molar-refractivity contribution in [1.82, 2.24) is 9.55 Å². The summed E-state index contributed by atoms with van der Waals surface area (Å²) in [6.45, 7) is 3.01. The van der Waals surface area contributed by atoms with Gasteiger partial charge in [0, 0.05) is 16.5 Å². The minimum atomic E-state index is 0.0451. The van der Waals surface area contributed by atoms with Gasteiger partial charge >= 0.3 is 0 Å². The predicted octanol–water partition coefficient (Wildman–Crippen LogP) is 3.37. The van der Waals surface area contributed by atoms with E-state index in [0.717, 1.165) is 37.3 Å². The molecular formula is C15H19IN2O. The zero-order valence-corrected chi connectivity index (χ0v) is 13.3. The van der Waals surface area contributed by atoms with Gasteiger partial charge in [0.15, 0.2) is 0 Å². The van der Waals surface area contributed by atoms with Crippen molar-refractivity contribution < 1.29 is 5.11 Å². The van der Waals surface area contributed by atoms with Gasteiger partial charge in [0.25, 0.3) is 0 Å². The highest BCUT2D eigenvalue weighted by atomic mass is 127. The highest BCUT2D eigenvalue weighted by Gasteiger charge is 2.09. The smallest absolute Gasteiger partial charge is 0.109 e. The molecule has 2 aromatic rings. The van der Waals surface area contributed by atoms with Crippen LogP contribution in [0.1, 0.15) is 36.8 Å². The molecule has 102 valence electrons. The van der Waals surface area contributed by atoms with Crippen LogP contribution < -0.4 is 0 Å². The van der Waals surface area contributed by atoms with E-state index >= 15 is 0 Å². The molecule has 0 spiro atoms. The van der Waals surface area contributed by atoms with Crippen LogP contribution in [0, 0.1) is 3.57 Å². The molecular weight excluding hydrogens is 351 g/mol. The Kier molecular flexibility index (Phi) is 5.39. The topological polar surface area (TPSA) is 38.1 Å². The summed E-state index contributed by atoms with van der Waals surface area (Å²) < 4.78 is 3.37. The first kappa shape index (κ1) is 14.5. The second-order valence-corrected chi connectivity index (χ2v) is 5.89. The molecule has 0 unspecified atom stereocenters. The Hall–Kier alpha value is -0.880. The van der Waals surface area contributed by atoms with Crippen molar-refractivity contribution in [1.29, 1.82) is 0 Å². The molecule has 1 N–H and O–H groups in total. The predicted molar refractivity (Wildman–Crippen MR) is 85.0 cm³/mol. The van der Waals surface area contributed by atoms with E-state index in [4.69, 9.17) is 0 Å². The van der Waals surface area contributed by atoms with Crippen LogP contribution in [-0.4, -0.2) is 14.7 Å². The maximum absolute atomic E-state index is 9.42. The SMILES string of the molecule is CCCCc1ncc(CO)n1Cc1ccc(I)cc1. The number of rotatable bonds is 6. The summed E-state index contributed by atoms with van der Waals surface area (Å²) in [4.78, 5) is 4.44. The lowest BCUT2D eigenvalue weighted by Crippen LogP contribution is -2.09. The number of benzene rings is 1. The zero-order valence-electron chi connectivity index (χ0n) is 11.1. The number of aliphatic hydroxyl groups excluding tert-OH is 1. The summed E-state index contributed by atoms with van der Waals surface area (Å²) in [5.41, 5.74) is 2.13. The molecule has 0 atom stereocenters.